The minimum absolute atomic E-state index is 0.146. The first-order chi connectivity index (χ1) is 15.3. The van der Waals surface area contributed by atoms with Gasteiger partial charge in [-0.05, 0) is 60.3 Å². The molecule has 4 rings (SSSR count). The molecule has 1 N–H and O–H groups in total. The Labute approximate surface area is 202 Å². The van der Waals surface area contributed by atoms with Crippen LogP contribution in [0.25, 0.3) is 17.4 Å². The molecule has 1 aromatic heterocycles. The van der Waals surface area contributed by atoms with Gasteiger partial charge in [0.2, 0.25) is 5.91 Å². The first-order valence-corrected chi connectivity index (χ1v) is 11.1. The van der Waals surface area contributed by atoms with Crippen LogP contribution in [0.2, 0.25) is 15.1 Å². The lowest BCUT2D eigenvalue weighted by atomic mass is 10.2. The summed E-state index contributed by atoms with van der Waals surface area (Å²) in [6.45, 7) is -0.411. The number of benzene rings is 2. The molecule has 0 radical (unpaired) electrons. The number of hydrogen-bond donors (Lipinski definition) is 1. The van der Waals surface area contributed by atoms with E-state index in [4.69, 9.17) is 39.2 Å². The molecule has 1 fully saturated rings. The van der Waals surface area contributed by atoms with Gasteiger partial charge in [0.15, 0.2) is 0 Å². The third kappa shape index (κ3) is 4.86. The zero-order chi connectivity index (χ0) is 22.8. The van der Waals surface area contributed by atoms with Crippen LogP contribution in [0.5, 0.6) is 0 Å². The Hall–Kier alpha value is -2.71. The number of thioether (sulfide) groups is 1. The fraction of sp³-hybridized carbons (Fsp3) is 0.0455. The van der Waals surface area contributed by atoms with E-state index in [-0.39, 0.29) is 4.91 Å². The van der Waals surface area contributed by atoms with Gasteiger partial charge in [-0.1, -0.05) is 40.9 Å². The lowest BCUT2D eigenvalue weighted by Crippen LogP contribution is -2.36. The maximum absolute atomic E-state index is 12.7. The molecule has 0 saturated carbocycles. The standard InChI is InChI=1S/C22H13Cl3N2O4S/c23-12-4-6-13(7-5-12)26-19(28)11-27-21(29)18(32-22(27)30)10-14-8-9-17(31-14)15-2-1-3-16(24)20(15)25/h1-10H,11H2,(H,26,28)/b18-10+. The van der Waals surface area contributed by atoms with E-state index in [1.54, 1.807) is 54.6 Å². The van der Waals surface area contributed by atoms with Crippen molar-refractivity contribution in [3.63, 3.8) is 0 Å². The van der Waals surface area contributed by atoms with Gasteiger partial charge < -0.3 is 9.73 Å². The fourth-order valence-corrected chi connectivity index (χ4v) is 4.25. The van der Waals surface area contributed by atoms with Crippen molar-refractivity contribution < 1.29 is 18.8 Å². The van der Waals surface area contributed by atoms with Gasteiger partial charge in [-0.25, -0.2) is 0 Å². The molecule has 3 aromatic rings. The van der Waals surface area contributed by atoms with Gasteiger partial charge >= 0.3 is 0 Å². The number of carbonyl (C=O) groups is 3. The third-order valence-corrected chi connectivity index (χ3v) is 6.40. The van der Waals surface area contributed by atoms with Gasteiger partial charge in [0.05, 0.1) is 15.0 Å². The first-order valence-electron chi connectivity index (χ1n) is 9.17. The highest BCUT2D eigenvalue weighted by molar-refractivity contribution is 8.18. The largest absolute Gasteiger partial charge is 0.457 e. The summed E-state index contributed by atoms with van der Waals surface area (Å²) in [6, 6.07) is 15.0. The maximum atomic E-state index is 12.7. The van der Waals surface area contributed by atoms with Crippen LogP contribution in [0.4, 0.5) is 10.5 Å². The van der Waals surface area contributed by atoms with Crippen molar-refractivity contribution in [2.75, 3.05) is 11.9 Å². The Morgan fingerprint density at radius 2 is 1.78 bits per heavy atom. The Bertz CT molecular complexity index is 1250. The average Bonchev–Trinajstić information content (AvgIpc) is 3.32. The van der Waals surface area contributed by atoms with E-state index < -0.39 is 23.6 Å². The van der Waals surface area contributed by atoms with Crippen molar-refractivity contribution in [3.8, 4) is 11.3 Å². The summed E-state index contributed by atoms with van der Waals surface area (Å²) in [5, 5.41) is 3.34. The van der Waals surface area contributed by atoms with Crippen molar-refractivity contribution in [3.05, 3.63) is 80.3 Å². The van der Waals surface area contributed by atoms with Crippen molar-refractivity contribution >= 4 is 75.4 Å². The van der Waals surface area contributed by atoms with Gasteiger partial charge in [-0.15, -0.1) is 0 Å². The van der Waals surface area contributed by atoms with Gasteiger partial charge in [0.1, 0.15) is 18.1 Å². The summed E-state index contributed by atoms with van der Waals surface area (Å²) in [5.74, 6) is -0.269. The molecule has 0 spiro atoms. The molecule has 162 valence electrons. The Balaban J connectivity index is 1.47. The molecule has 0 bridgehead atoms. The van der Waals surface area contributed by atoms with Gasteiger partial charge in [-0.3, -0.25) is 19.3 Å². The highest BCUT2D eigenvalue weighted by Crippen LogP contribution is 2.36. The first kappa shape index (κ1) is 22.5. The predicted octanol–water partition coefficient (Wildman–Crippen LogP) is 6.58. The molecule has 3 amide bonds. The second kappa shape index (κ2) is 9.42. The molecule has 0 unspecified atom stereocenters. The van der Waals surface area contributed by atoms with Crippen LogP contribution in [-0.2, 0) is 9.59 Å². The summed E-state index contributed by atoms with van der Waals surface area (Å²) in [7, 11) is 0. The zero-order valence-electron chi connectivity index (χ0n) is 16.1. The normalized spacial score (nSPS) is 15.0. The number of anilines is 1. The third-order valence-electron chi connectivity index (χ3n) is 4.42. The Morgan fingerprint density at radius 3 is 2.53 bits per heavy atom. The summed E-state index contributed by atoms with van der Waals surface area (Å²) in [5.41, 5.74) is 1.11. The lowest BCUT2D eigenvalue weighted by Gasteiger charge is -2.12. The van der Waals surface area contributed by atoms with Crippen LogP contribution in [0.15, 0.2) is 63.9 Å². The summed E-state index contributed by atoms with van der Waals surface area (Å²) < 4.78 is 5.75. The molecule has 1 aliphatic heterocycles. The number of hydrogen-bond acceptors (Lipinski definition) is 5. The maximum Gasteiger partial charge on any atom is 0.294 e. The molecule has 6 nitrogen and oxygen atoms in total. The summed E-state index contributed by atoms with van der Waals surface area (Å²) >= 11 is 18.8. The smallest absolute Gasteiger partial charge is 0.294 e. The molecule has 32 heavy (non-hydrogen) atoms. The number of amides is 3. The van der Waals surface area contributed by atoms with Gasteiger partial charge in [0.25, 0.3) is 11.1 Å². The van der Waals surface area contributed by atoms with E-state index in [1.807, 2.05) is 0 Å². The predicted molar refractivity (Wildman–Crippen MR) is 127 cm³/mol. The molecule has 10 heteroatoms. The highest BCUT2D eigenvalue weighted by Gasteiger charge is 2.36. The van der Waals surface area contributed by atoms with E-state index in [0.717, 1.165) is 16.7 Å². The molecule has 2 heterocycles. The fourth-order valence-electron chi connectivity index (χ4n) is 2.91. The van der Waals surface area contributed by atoms with Crippen LogP contribution in [-0.4, -0.2) is 28.5 Å². The molecule has 0 atom stereocenters. The van der Waals surface area contributed by atoms with Crippen LogP contribution in [0, 0.1) is 0 Å². The molecular formula is C22H13Cl3N2O4S. The average molecular weight is 508 g/mol. The van der Waals surface area contributed by atoms with Crippen LogP contribution >= 0.6 is 46.6 Å². The number of halogens is 3. The van der Waals surface area contributed by atoms with Crippen LogP contribution in [0.1, 0.15) is 5.76 Å². The number of nitrogens with zero attached hydrogens (tertiary/aromatic N) is 1. The van der Waals surface area contributed by atoms with E-state index in [1.165, 1.54) is 6.08 Å². The number of rotatable bonds is 5. The minimum atomic E-state index is -0.579. The van der Waals surface area contributed by atoms with Crippen LogP contribution < -0.4 is 5.32 Å². The van der Waals surface area contributed by atoms with Gasteiger partial charge in [-0.2, -0.15) is 0 Å². The molecule has 0 aliphatic carbocycles. The monoisotopic (exact) mass is 506 g/mol. The van der Waals surface area contributed by atoms with Crippen LogP contribution in [0.3, 0.4) is 0 Å². The summed E-state index contributed by atoms with van der Waals surface area (Å²) in [4.78, 5) is 38.2. The number of nitrogens with one attached hydrogen (secondary N) is 1. The molecule has 1 aliphatic rings. The van der Waals surface area contributed by atoms with Crippen molar-refractivity contribution in [1.82, 2.24) is 4.90 Å². The second-order valence-corrected chi connectivity index (χ2v) is 8.84. The SMILES string of the molecule is O=C(CN1C(=O)S/C(=C/c2ccc(-c3cccc(Cl)c3Cl)o2)C1=O)Nc1ccc(Cl)cc1. The second-order valence-electron chi connectivity index (χ2n) is 6.63. The molecular weight excluding hydrogens is 495 g/mol. The van der Waals surface area contributed by atoms with E-state index >= 15 is 0 Å². The van der Waals surface area contributed by atoms with E-state index in [0.29, 0.717) is 37.8 Å². The summed E-state index contributed by atoms with van der Waals surface area (Å²) in [6.07, 6.45) is 1.45. The number of furan rings is 1. The number of carbonyl (C=O) groups excluding carboxylic acids is 3. The van der Waals surface area contributed by atoms with Gasteiger partial charge in [0, 0.05) is 22.3 Å². The van der Waals surface area contributed by atoms with Crippen molar-refractivity contribution in [2.24, 2.45) is 0 Å². The van der Waals surface area contributed by atoms with Crippen molar-refractivity contribution in [1.29, 1.82) is 0 Å². The highest BCUT2D eigenvalue weighted by atomic mass is 35.5. The van der Waals surface area contributed by atoms with Crippen molar-refractivity contribution in [2.45, 2.75) is 0 Å². The molecule has 2 aromatic carbocycles. The lowest BCUT2D eigenvalue weighted by molar-refractivity contribution is -0.127. The number of imide groups is 1. The Kier molecular flexibility index (Phi) is 6.62. The van der Waals surface area contributed by atoms with E-state index in [9.17, 15) is 14.4 Å². The topological polar surface area (TPSA) is 79.6 Å². The zero-order valence-corrected chi connectivity index (χ0v) is 19.2. The molecule has 1 saturated heterocycles. The quantitative estimate of drug-likeness (QED) is 0.395. The minimum Gasteiger partial charge on any atom is -0.457 e. The van der Waals surface area contributed by atoms with E-state index in [2.05, 4.69) is 5.32 Å². The Morgan fingerprint density at radius 1 is 1.03 bits per heavy atom.